The van der Waals surface area contributed by atoms with Crippen molar-refractivity contribution in [3.63, 3.8) is 0 Å². The van der Waals surface area contributed by atoms with E-state index in [1.54, 1.807) is 7.11 Å². The zero-order valence-electron chi connectivity index (χ0n) is 17.5. The van der Waals surface area contributed by atoms with Gasteiger partial charge in [0.1, 0.15) is 18.1 Å². The first-order valence-corrected chi connectivity index (χ1v) is 9.67. The zero-order chi connectivity index (χ0) is 20.6. The fraction of sp³-hybridized carbons (Fsp3) is 0.435. The molecule has 0 radical (unpaired) electrons. The number of hydrogen-bond acceptors (Lipinski definition) is 4. The van der Waals surface area contributed by atoms with E-state index in [1.165, 1.54) is 5.56 Å². The highest BCUT2D eigenvalue weighted by Gasteiger charge is 2.13. The minimum atomic E-state index is -0.287. The molecule has 0 saturated carbocycles. The lowest BCUT2D eigenvalue weighted by atomic mass is 9.87. The molecular formula is C23H32N2O3. The van der Waals surface area contributed by atoms with E-state index in [0.29, 0.717) is 19.7 Å². The second-order valence-corrected chi connectivity index (χ2v) is 7.86. The molecule has 28 heavy (non-hydrogen) atoms. The van der Waals surface area contributed by atoms with Gasteiger partial charge in [-0.3, -0.25) is 4.79 Å². The van der Waals surface area contributed by atoms with Crippen molar-refractivity contribution in [1.82, 2.24) is 10.6 Å². The Balaban J connectivity index is 1.67. The van der Waals surface area contributed by atoms with Crippen molar-refractivity contribution in [2.45, 2.75) is 45.7 Å². The number of rotatable bonds is 9. The first-order chi connectivity index (χ1) is 13.3. The molecule has 5 heteroatoms. The molecule has 1 amide bonds. The lowest BCUT2D eigenvalue weighted by Crippen LogP contribution is -2.43. The van der Waals surface area contributed by atoms with Crippen LogP contribution in [0.3, 0.4) is 0 Å². The Kier molecular flexibility index (Phi) is 7.88. The number of hydrogen-bond donors (Lipinski definition) is 2. The van der Waals surface area contributed by atoms with Gasteiger partial charge in [0, 0.05) is 13.1 Å². The molecule has 0 aliphatic rings. The van der Waals surface area contributed by atoms with E-state index in [0.717, 1.165) is 17.1 Å². The van der Waals surface area contributed by atoms with Gasteiger partial charge in [-0.15, -0.1) is 0 Å². The Morgan fingerprint density at radius 1 is 1.00 bits per heavy atom. The summed E-state index contributed by atoms with van der Waals surface area (Å²) in [6, 6.07) is 15.5. The summed E-state index contributed by atoms with van der Waals surface area (Å²) in [4.78, 5) is 12.2. The highest BCUT2D eigenvalue weighted by molar-refractivity contribution is 5.81. The molecule has 0 heterocycles. The minimum absolute atomic E-state index is 0.0367. The van der Waals surface area contributed by atoms with E-state index in [4.69, 9.17) is 9.47 Å². The topological polar surface area (TPSA) is 59.6 Å². The molecule has 2 N–H and O–H groups in total. The Morgan fingerprint density at radius 3 is 2.18 bits per heavy atom. The fourth-order valence-electron chi connectivity index (χ4n) is 2.67. The van der Waals surface area contributed by atoms with Crippen molar-refractivity contribution in [3.05, 3.63) is 59.7 Å². The molecule has 5 nitrogen and oxygen atoms in total. The molecule has 0 bridgehead atoms. The summed E-state index contributed by atoms with van der Waals surface area (Å²) in [6.45, 7) is 10.0. The summed E-state index contributed by atoms with van der Waals surface area (Å²) in [5.74, 6) is 1.61. The predicted molar refractivity (Wildman–Crippen MR) is 113 cm³/mol. The second-order valence-electron chi connectivity index (χ2n) is 7.86. The normalized spacial score (nSPS) is 12.3. The van der Waals surface area contributed by atoms with Gasteiger partial charge in [0.05, 0.1) is 13.2 Å². The summed E-state index contributed by atoms with van der Waals surface area (Å²) in [5, 5.41) is 6.12. The molecule has 0 aliphatic heterocycles. The molecule has 0 aliphatic carbocycles. The SMILES string of the molecule is COc1ccc(CNC(=O)C(C)NCCOc2ccc(C(C)(C)C)cc2)cc1. The molecule has 2 rings (SSSR count). The Morgan fingerprint density at radius 2 is 1.61 bits per heavy atom. The Bertz CT molecular complexity index is 734. The van der Waals surface area contributed by atoms with Gasteiger partial charge < -0.3 is 20.1 Å². The molecule has 0 fully saturated rings. The number of nitrogens with one attached hydrogen (secondary N) is 2. The average molecular weight is 385 g/mol. The van der Waals surface area contributed by atoms with Gasteiger partial charge in [-0.2, -0.15) is 0 Å². The number of carbonyl (C=O) groups excluding carboxylic acids is 1. The number of ether oxygens (including phenoxy) is 2. The maximum absolute atomic E-state index is 12.2. The van der Waals surface area contributed by atoms with E-state index < -0.39 is 0 Å². The van der Waals surface area contributed by atoms with Crippen LogP contribution in [0.1, 0.15) is 38.8 Å². The van der Waals surface area contributed by atoms with Crippen molar-refractivity contribution in [3.8, 4) is 11.5 Å². The molecule has 0 spiro atoms. The van der Waals surface area contributed by atoms with Crippen LogP contribution in [-0.2, 0) is 16.8 Å². The first kappa shape index (κ1) is 21.8. The molecule has 2 aromatic rings. The smallest absolute Gasteiger partial charge is 0.237 e. The van der Waals surface area contributed by atoms with Crippen LogP contribution >= 0.6 is 0 Å². The Hall–Kier alpha value is -2.53. The van der Waals surface area contributed by atoms with Crippen LogP contribution in [0.4, 0.5) is 0 Å². The number of benzene rings is 2. The summed E-state index contributed by atoms with van der Waals surface area (Å²) in [5.41, 5.74) is 2.44. The lowest BCUT2D eigenvalue weighted by Gasteiger charge is -2.19. The number of carbonyl (C=O) groups is 1. The van der Waals surface area contributed by atoms with E-state index in [9.17, 15) is 4.79 Å². The van der Waals surface area contributed by atoms with Gasteiger partial charge >= 0.3 is 0 Å². The van der Waals surface area contributed by atoms with Crippen LogP contribution in [0, 0.1) is 0 Å². The largest absolute Gasteiger partial charge is 0.497 e. The van der Waals surface area contributed by atoms with Gasteiger partial charge in [0.25, 0.3) is 0 Å². The van der Waals surface area contributed by atoms with Crippen LogP contribution in [0.15, 0.2) is 48.5 Å². The molecule has 0 aromatic heterocycles. The predicted octanol–water partition coefficient (Wildman–Crippen LogP) is 3.67. The quantitative estimate of drug-likeness (QED) is 0.648. The van der Waals surface area contributed by atoms with Crippen molar-refractivity contribution in [1.29, 1.82) is 0 Å². The molecule has 1 atom stereocenters. The first-order valence-electron chi connectivity index (χ1n) is 9.67. The third-order valence-electron chi connectivity index (χ3n) is 4.56. The molecule has 152 valence electrons. The van der Waals surface area contributed by atoms with E-state index in [2.05, 4.69) is 43.5 Å². The maximum atomic E-state index is 12.2. The Labute approximate surface area is 168 Å². The van der Waals surface area contributed by atoms with Gasteiger partial charge in [-0.1, -0.05) is 45.0 Å². The monoisotopic (exact) mass is 384 g/mol. The molecule has 2 aromatic carbocycles. The summed E-state index contributed by atoms with van der Waals surface area (Å²) >= 11 is 0. The van der Waals surface area contributed by atoms with Gasteiger partial charge in [-0.25, -0.2) is 0 Å². The molecular weight excluding hydrogens is 352 g/mol. The van der Waals surface area contributed by atoms with Crippen LogP contribution in [-0.4, -0.2) is 32.2 Å². The minimum Gasteiger partial charge on any atom is -0.497 e. The highest BCUT2D eigenvalue weighted by atomic mass is 16.5. The second kappa shape index (κ2) is 10.1. The molecule has 0 saturated heterocycles. The van der Waals surface area contributed by atoms with Crippen LogP contribution in [0.5, 0.6) is 11.5 Å². The van der Waals surface area contributed by atoms with Crippen molar-refractivity contribution in [2.75, 3.05) is 20.3 Å². The standard InChI is InChI=1S/C23H32N2O3/c1-17(22(26)25-16-18-6-10-20(27-5)11-7-18)24-14-15-28-21-12-8-19(9-13-21)23(2,3)4/h6-13,17,24H,14-16H2,1-5H3,(H,25,26). The third-order valence-corrected chi connectivity index (χ3v) is 4.56. The van der Waals surface area contributed by atoms with Crippen molar-refractivity contribution < 1.29 is 14.3 Å². The maximum Gasteiger partial charge on any atom is 0.237 e. The average Bonchev–Trinajstić information content (AvgIpc) is 2.69. The highest BCUT2D eigenvalue weighted by Crippen LogP contribution is 2.24. The van der Waals surface area contributed by atoms with Crippen LogP contribution in [0.25, 0.3) is 0 Å². The fourth-order valence-corrected chi connectivity index (χ4v) is 2.67. The third kappa shape index (κ3) is 6.89. The van der Waals surface area contributed by atoms with E-state index in [-0.39, 0.29) is 17.4 Å². The van der Waals surface area contributed by atoms with Crippen molar-refractivity contribution in [2.24, 2.45) is 0 Å². The van der Waals surface area contributed by atoms with Crippen LogP contribution in [0.2, 0.25) is 0 Å². The summed E-state index contributed by atoms with van der Waals surface area (Å²) in [7, 11) is 1.63. The zero-order valence-corrected chi connectivity index (χ0v) is 17.5. The van der Waals surface area contributed by atoms with E-state index >= 15 is 0 Å². The van der Waals surface area contributed by atoms with Crippen molar-refractivity contribution >= 4 is 5.91 Å². The van der Waals surface area contributed by atoms with E-state index in [1.807, 2.05) is 43.3 Å². The summed E-state index contributed by atoms with van der Waals surface area (Å²) in [6.07, 6.45) is 0. The van der Waals surface area contributed by atoms with Gasteiger partial charge in [0.15, 0.2) is 0 Å². The van der Waals surface area contributed by atoms with Gasteiger partial charge in [0.2, 0.25) is 5.91 Å². The van der Waals surface area contributed by atoms with Crippen LogP contribution < -0.4 is 20.1 Å². The number of amides is 1. The van der Waals surface area contributed by atoms with Gasteiger partial charge in [-0.05, 0) is 47.7 Å². The molecule has 1 unspecified atom stereocenters. The number of methoxy groups -OCH3 is 1. The summed E-state index contributed by atoms with van der Waals surface area (Å²) < 4.78 is 10.9. The lowest BCUT2D eigenvalue weighted by molar-refractivity contribution is -0.122.